The third-order valence-electron chi connectivity index (χ3n) is 5.67. The van der Waals surface area contributed by atoms with Gasteiger partial charge in [-0.1, -0.05) is 20.4 Å². The standard InChI is InChI=1S/C24H29N3O/c1-16(2)21-15-28-23-8-7-20(26-24(21)23)6-5-19-12-25-10-9-22(19)27-13-17(3)11-18(4)14-27/h7-10,12,15,17-18H,1,5-6,11,13-14H2,2-4H3/t17-,18+. The number of nitrogens with zero attached hydrogens (tertiary/aromatic N) is 3. The van der Waals surface area contributed by atoms with Crippen molar-refractivity contribution in [1.82, 2.24) is 9.97 Å². The van der Waals surface area contributed by atoms with Crippen molar-refractivity contribution in [2.45, 2.75) is 40.0 Å². The van der Waals surface area contributed by atoms with Gasteiger partial charge in [-0.2, -0.15) is 0 Å². The van der Waals surface area contributed by atoms with Crippen LogP contribution in [-0.4, -0.2) is 23.1 Å². The van der Waals surface area contributed by atoms with E-state index in [1.807, 2.05) is 25.4 Å². The highest BCUT2D eigenvalue weighted by molar-refractivity contribution is 5.86. The fraction of sp³-hybridized carbons (Fsp3) is 0.417. The molecule has 0 aliphatic carbocycles. The average Bonchev–Trinajstić information content (AvgIpc) is 3.09. The zero-order chi connectivity index (χ0) is 19.7. The number of aromatic nitrogens is 2. The molecule has 4 rings (SSSR count). The maximum atomic E-state index is 5.61. The van der Waals surface area contributed by atoms with E-state index in [0.717, 1.165) is 65.7 Å². The van der Waals surface area contributed by atoms with Crippen molar-refractivity contribution in [1.29, 1.82) is 0 Å². The van der Waals surface area contributed by atoms with Gasteiger partial charge in [0.25, 0.3) is 0 Å². The van der Waals surface area contributed by atoms with Crippen LogP contribution < -0.4 is 4.90 Å². The second-order valence-corrected chi connectivity index (χ2v) is 8.43. The molecule has 146 valence electrons. The van der Waals surface area contributed by atoms with Crippen LogP contribution in [0.4, 0.5) is 5.69 Å². The SMILES string of the molecule is C=C(C)c1coc2ccc(CCc3cnccc3N3C[C@H](C)C[C@H](C)C3)nc12. The number of fused-ring (bicyclic) bond motifs is 1. The van der Waals surface area contributed by atoms with E-state index in [4.69, 9.17) is 9.40 Å². The van der Waals surface area contributed by atoms with Gasteiger partial charge in [0, 0.05) is 42.4 Å². The molecule has 0 aromatic carbocycles. The molecule has 0 unspecified atom stereocenters. The van der Waals surface area contributed by atoms with Crippen molar-refractivity contribution in [3.63, 3.8) is 0 Å². The topological polar surface area (TPSA) is 42.2 Å². The lowest BCUT2D eigenvalue weighted by molar-refractivity contribution is 0.356. The molecule has 0 spiro atoms. The van der Waals surface area contributed by atoms with Gasteiger partial charge in [0.2, 0.25) is 0 Å². The predicted molar refractivity (Wildman–Crippen MR) is 116 cm³/mol. The quantitative estimate of drug-likeness (QED) is 0.588. The molecule has 0 radical (unpaired) electrons. The molecule has 0 bridgehead atoms. The summed E-state index contributed by atoms with van der Waals surface area (Å²) in [5, 5.41) is 0. The number of rotatable bonds is 5. The summed E-state index contributed by atoms with van der Waals surface area (Å²) in [7, 11) is 0. The Morgan fingerprint density at radius 1 is 1.18 bits per heavy atom. The lowest BCUT2D eigenvalue weighted by Crippen LogP contribution is -2.39. The van der Waals surface area contributed by atoms with E-state index in [1.54, 1.807) is 6.26 Å². The molecule has 3 aromatic heterocycles. The van der Waals surface area contributed by atoms with Crippen LogP contribution in [0.15, 0.2) is 47.9 Å². The molecular formula is C24H29N3O. The molecular weight excluding hydrogens is 346 g/mol. The molecule has 4 heterocycles. The number of pyridine rings is 2. The van der Waals surface area contributed by atoms with Crippen LogP contribution in [-0.2, 0) is 12.8 Å². The first-order valence-corrected chi connectivity index (χ1v) is 10.2. The molecule has 1 aliphatic heterocycles. The van der Waals surface area contributed by atoms with E-state index in [-0.39, 0.29) is 0 Å². The van der Waals surface area contributed by atoms with Crippen molar-refractivity contribution < 1.29 is 4.42 Å². The van der Waals surface area contributed by atoms with Gasteiger partial charge < -0.3 is 9.32 Å². The summed E-state index contributed by atoms with van der Waals surface area (Å²) in [6.45, 7) is 13.0. The number of piperidine rings is 1. The zero-order valence-electron chi connectivity index (χ0n) is 17.1. The van der Waals surface area contributed by atoms with E-state index in [0.29, 0.717) is 0 Å². The van der Waals surface area contributed by atoms with Crippen molar-refractivity contribution in [3.8, 4) is 0 Å². The van der Waals surface area contributed by atoms with Gasteiger partial charge in [0.05, 0.1) is 0 Å². The maximum Gasteiger partial charge on any atom is 0.152 e. The molecule has 1 fully saturated rings. The maximum absolute atomic E-state index is 5.61. The summed E-state index contributed by atoms with van der Waals surface area (Å²) in [6, 6.07) is 6.25. The number of aryl methyl sites for hydroxylation is 2. The number of hydrogen-bond acceptors (Lipinski definition) is 4. The van der Waals surface area contributed by atoms with E-state index in [1.165, 1.54) is 17.7 Å². The summed E-state index contributed by atoms with van der Waals surface area (Å²) in [5.41, 5.74) is 7.42. The Balaban J connectivity index is 1.55. The second kappa shape index (κ2) is 7.78. The average molecular weight is 376 g/mol. The summed E-state index contributed by atoms with van der Waals surface area (Å²) in [5.74, 6) is 1.46. The Morgan fingerprint density at radius 3 is 2.71 bits per heavy atom. The predicted octanol–water partition coefficient (Wildman–Crippen LogP) is 5.52. The number of hydrogen-bond donors (Lipinski definition) is 0. The van der Waals surface area contributed by atoms with Crippen LogP contribution in [0.1, 0.15) is 44.0 Å². The first-order valence-electron chi connectivity index (χ1n) is 10.2. The number of allylic oxidation sites excluding steroid dienone is 1. The van der Waals surface area contributed by atoms with Crippen LogP contribution in [0.25, 0.3) is 16.7 Å². The van der Waals surface area contributed by atoms with Crippen molar-refractivity contribution in [2.75, 3.05) is 18.0 Å². The number of anilines is 1. The van der Waals surface area contributed by atoms with Crippen molar-refractivity contribution in [2.24, 2.45) is 11.8 Å². The smallest absolute Gasteiger partial charge is 0.152 e. The van der Waals surface area contributed by atoms with Gasteiger partial charge in [-0.3, -0.25) is 4.98 Å². The Bertz CT molecular complexity index is 980. The van der Waals surface area contributed by atoms with Gasteiger partial charge in [-0.05, 0) is 67.4 Å². The Hall–Kier alpha value is -2.62. The molecule has 4 nitrogen and oxygen atoms in total. The summed E-state index contributed by atoms with van der Waals surface area (Å²) >= 11 is 0. The van der Waals surface area contributed by atoms with Crippen molar-refractivity contribution >= 4 is 22.4 Å². The summed E-state index contributed by atoms with van der Waals surface area (Å²) in [6.07, 6.45) is 8.82. The van der Waals surface area contributed by atoms with Crippen LogP contribution in [0.2, 0.25) is 0 Å². The fourth-order valence-corrected chi connectivity index (χ4v) is 4.44. The van der Waals surface area contributed by atoms with Crippen LogP contribution >= 0.6 is 0 Å². The zero-order valence-corrected chi connectivity index (χ0v) is 17.1. The van der Waals surface area contributed by atoms with Gasteiger partial charge in [0.15, 0.2) is 5.58 Å². The molecule has 0 N–H and O–H groups in total. The normalized spacial score (nSPS) is 19.9. The third-order valence-corrected chi connectivity index (χ3v) is 5.67. The lowest BCUT2D eigenvalue weighted by Gasteiger charge is -2.37. The Kier molecular flexibility index (Phi) is 5.21. The highest BCUT2D eigenvalue weighted by atomic mass is 16.3. The molecule has 3 aromatic rings. The first kappa shape index (κ1) is 18.7. The van der Waals surface area contributed by atoms with Gasteiger partial charge in [-0.25, -0.2) is 4.98 Å². The minimum Gasteiger partial charge on any atom is -0.462 e. The minimum atomic E-state index is 0.732. The van der Waals surface area contributed by atoms with Gasteiger partial charge in [0.1, 0.15) is 11.8 Å². The molecule has 2 atom stereocenters. The van der Waals surface area contributed by atoms with E-state index in [9.17, 15) is 0 Å². The highest BCUT2D eigenvalue weighted by Crippen LogP contribution is 2.29. The molecule has 0 saturated carbocycles. The van der Waals surface area contributed by atoms with Gasteiger partial charge >= 0.3 is 0 Å². The third kappa shape index (κ3) is 3.82. The molecule has 1 aliphatic rings. The highest BCUT2D eigenvalue weighted by Gasteiger charge is 2.23. The molecule has 4 heteroatoms. The Morgan fingerprint density at radius 2 is 1.96 bits per heavy atom. The molecule has 0 amide bonds. The lowest BCUT2D eigenvalue weighted by atomic mass is 9.91. The number of furan rings is 1. The molecule has 1 saturated heterocycles. The summed E-state index contributed by atoms with van der Waals surface area (Å²) < 4.78 is 5.61. The fourth-order valence-electron chi connectivity index (χ4n) is 4.44. The van der Waals surface area contributed by atoms with Crippen molar-refractivity contribution in [3.05, 3.63) is 60.3 Å². The monoisotopic (exact) mass is 375 g/mol. The largest absolute Gasteiger partial charge is 0.462 e. The van der Waals surface area contributed by atoms with E-state index in [2.05, 4.69) is 42.4 Å². The van der Waals surface area contributed by atoms with E-state index >= 15 is 0 Å². The Labute approximate surface area is 167 Å². The van der Waals surface area contributed by atoms with Crippen LogP contribution in [0.3, 0.4) is 0 Å². The second-order valence-electron chi connectivity index (χ2n) is 8.43. The van der Waals surface area contributed by atoms with Crippen LogP contribution in [0, 0.1) is 11.8 Å². The van der Waals surface area contributed by atoms with E-state index < -0.39 is 0 Å². The molecule has 28 heavy (non-hydrogen) atoms. The van der Waals surface area contributed by atoms with Gasteiger partial charge in [-0.15, -0.1) is 0 Å². The van der Waals surface area contributed by atoms with Crippen LogP contribution in [0.5, 0.6) is 0 Å². The summed E-state index contributed by atoms with van der Waals surface area (Å²) in [4.78, 5) is 11.8. The minimum absolute atomic E-state index is 0.732. The first-order chi connectivity index (χ1) is 13.5.